The van der Waals surface area contributed by atoms with Crippen molar-refractivity contribution in [3.8, 4) is 5.75 Å². The molecule has 0 atom stereocenters. The van der Waals surface area contributed by atoms with E-state index in [1.165, 1.54) is 30.6 Å². The summed E-state index contributed by atoms with van der Waals surface area (Å²) < 4.78 is 5.93. The van der Waals surface area contributed by atoms with Crippen molar-refractivity contribution in [1.82, 2.24) is 4.98 Å². The molecule has 0 bridgehead atoms. The third kappa shape index (κ3) is 6.09. The first-order chi connectivity index (χ1) is 11.2. The van der Waals surface area contributed by atoms with Crippen LogP contribution in [0.15, 0.2) is 51.3 Å². The molecule has 0 saturated carbocycles. The molecule has 2 aromatic rings. The quantitative estimate of drug-likeness (QED) is 0.352. The second-order valence-corrected chi connectivity index (χ2v) is 9.28. The Morgan fingerprint density at radius 2 is 1.87 bits per heavy atom. The minimum Gasteiger partial charge on any atom is -0.484 e. The number of pyridine rings is 1. The zero-order valence-electron chi connectivity index (χ0n) is 11.3. The van der Waals surface area contributed by atoms with Crippen LogP contribution in [0, 0.1) is 0 Å². The van der Waals surface area contributed by atoms with Crippen LogP contribution in [0.2, 0.25) is 0 Å². The summed E-state index contributed by atoms with van der Waals surface area (Å²) >= 11 is 15.6. The van der Waals surface area contributed by atoms with Crippen LogP contribution in [-0.2, 0) is 0 Å². The molecule has 0 fully saturated rings. The summed E-state index contributed by atoms with van der Waals surface area (Å²) in [5.41, 5.74) is 0.845. The number of ether oxygens (including phenoxy) is 1. The zero-order chi connectivity index (χ0) is 16.7. The molecule has 0 aliphatic carbocycles. The van der Waals surface area contributed by atoms with E-state index in [0.717, 1.165) is 26.1 Å². The van der Waals surface area contributed by atoms with E-state index in [2.05, 4.69) is 54.7 Å². The first-order valence-electron chi connectivity index (χ1n) is 6.04. The average molecular weight is 577 g/mol. The Morgan fingerprint density at radius 1 is 1.17 bits per heavy atom. The highest BCUT2D eigenvalue weighted by Crippen LogP contribution is 2.45. The van der Waals surface area contributed by atoms with E-state index in [1.807, 2.05) is 24.3 Å². The third-order valence-electron chi connectivity index (χ3n) is 2.54. The van der Waals surface area contributed by atoms with Crippen LogP contribution >= 0.6 is 87.2 Å². The maximum absolute atomic E-state index is 5.93. The maximum Gasteiger partial charge on any atom is 0.148 e. The number of aromatic nitrogens is 1. The molecule has 0 aliphatic heterocycles. The number of thiocarbonyl (C=S) groups is 1. The summed E-state index contributed by atoms with van der Waals surface area (Å²) in [5, 5.41) is 3.10. The number of anilines is 1. The monoisotopic (exact) mass is 574 g/mol. The molecule has 3 nitrogen and oxygen atoms in total. The Balaban J connectivity index is 2.08. The lowest BCUT2D eigenvalue weighted by Crippen LogP contribution is -2.18. The predicted octanol–water partition coefficient (Wildman–Crippen LogP) is 7.11. The summed E-state index contributed by atoms with van der Waals surface area (Å²) in [4.78, 5) is 7.70. The van der Waals surface area contributed by atoms with Gasteiger partial charge in [-0.05, 0) is 99.3 Å². The fourth-order valence-electron chi connectivity index (χ4n) is 1.63. The van der Waals surface area contributed by atoms with E-state index in [-0.39, 0.29) is 6.61 Å². The van der Waals surface area contributed by atoms with Gasteiger partial charge < -0.3 is 10.1 Å². The van der Waals surface area contributed by atoms with Crippen molar-refractivity contribution in [3.05, 3.63) is 36.7 Å². The largest absolute Gasteiger partial charge is 0.484 e. The van der Waals surface area contributed by atoms with Gasteiger partial charge in [0, 0.05) is 11.1 Å². The van der Waals surface area contributed by atoms with E-state index in [4.69, 9.17) is 17.0 Å². The number of hydrogen-bond acceptors (Lipinski definition) is 6. The summed E-state index contributed by atoms with van der Waals surface area (Å²) in [7, 11) is 4.42. The normalized spacial score (nSPS) is 10.4. The zero-order valence-corrected chi connectivity index (χ0v) is 19.3. The van der Waals surface area contributed by atoms with Crippen molar-refractivity contribution in [3.63, 3.8) is 0 Å². The van der Waals surface area contributed by atoms with Crippen molar-refractivity contribution < 1.29 is 4.74 Å². The van der Waals surface area contributed by atoms with Gasteiger partial charge in [0.05, 0.1) is 21.7 Å². The van der Waals surface area contributed by atoms with Gasteiger partial charge in [-0.1, -0.05) is 12.2 Å². The van der Waals surface area contributed by atoms with Crippen LogP contribution < -0.4 is 10.1 Å². The lowest BCUT2D eigenvalue weighted by molar-refractivity contribution is 0.360. The number of benzene rings is 1. The highest BCUT2D eigenvalue weighted by atomic mass is 79.9. The molecule has 1 heterocycles. The van der Waals surface area contributed by atoms with E-state index < -0.39 is 0 Å². The molecule has 10 heteroatoms. The summed E-state index contributed by atoms with van der Waals surface area (Å²) in [5.74, 6) is 0.786. The van der Waals surface area contributed by atoms with Crippen molar-refractivity contribution >= 4 is 97.9 Å². The topological polar surface area (TPSA) is 34.1 Å². The van der Waals surface area contributed by atoms with Gasteiger partial charge in [-0.15, -0.1) is 0 Å². The molecular formula is C13H9Br3N2OS4. The molecule has 122 valence electrons. The highest BCUT2D eigenvalue weighted by Gasteiger charge is 2.14. The molecule has 0 radical (unpaired) electrons. The Hall–Kier alpha value is 0.550. The minimum absolute atomic E-state index is 0.284. The second kappa shape index (κ2) is 10.5. The van der Waals surface area contributed by atoms with Crippen LogP contribution in [0.25, 0.3) is 0 Å². The number of rotatable bonds is 7. The van der Waals surface area contributed by atoms with Crippen LogP contribution in [0.3, 0.4) is 0 Å². The lowest BCUT2D eigenvalue weighted by atomic mass is 10.3. The minimum atomic E-state index is 0.284. The van der Waals surface area contributed by atoms with Crippen molar-refractivity contribution in [2.45, 2.75) is 14.7 Å². The molecule has 0 unspecified atom stereocenters. The van der Waals surface area contributed by atoms with Gasteiger partial charge in [0.2, 0.25) is 0 Å². The SMILES string of the molecule is S=C(COc1c(SBr)cc(SBr)cc1SBr)Nc1cccnc1. The Labute approximate surface area is 175 Å². The van der Waals surface area contributed by atoms with Gasteiger partial charge in [-0.3, -0.25) is 4.98 Å². The summed E-state index contributed by atoms with van der Waals surface area (Å²) in [6, 6.07) is 7.83. The molecule has 23 heavy (non-hydrogen) atoms. The Morgan fingerprint density at radius 3 is 2.39 bits per heavy atom. The van der Waals surface area contributed by atoms with Crippen LogP contribution in [0.5, 0.6) is 5.75 Å². The number of halogens is 3. The fourth-order valence-corrected chi connectivity index (χ4v) is 5.17. The molecule has 0 aliphatic rings. The van der Waals surface area contributed by atoms with Crippen LogP contribution in [-0.4, -0.2) is 16.6 Å². The number of nitrogens with zero attached hydrogens (tertiary/aromatic N) is 1. The standard InChI is InChI=1S/C13H9Br3N2OS4/c14-21-9-4-10(22-15)13(11(5-9)23-16)19-7-12(20)18-8-2-1-3-17-6-8/h1-6H,7H2,(H,18,20). The summed E-state index contributed by atoms with van der Waals surface area (Å²) in [6.07, 6.45) is 3.43. The fraction of sp³-hybridized carbons (Fsp3) is 0.0769. The summed E-state index contributed by atoms with van der Waals surface area (Å²) in [6.45, 7) is 0.284. The van der Waals surface area contributed by atoms with Crippen molar-refractivity contribution in [2.75, 3.05) is 11.9 Å². The lowest BCUT2D eigenvalue weighted by Gasteiger charge is -2.15. The molecule has 0 saturated heterocycles. The first kappa shape index (κ1) is 19.9. The van der Waals surface area contributed by atoms with E-state index in [9.17, 15) is 0 Å². The smallest absolute Gasteiger partial charge is 0.148 e. The van der Waals surface area contributed by atoms with Gasteiger partial charge in [-0.2, -0.15) is 0 Å². The first-order valence-corrected chi connectivity index (χ1v) is 14.4. The molecule has 0 spiro atoms. The number of hydrogen-bond donors (Lipinski definition) is 1. The van der Waals surface area contributed by atoms with Crippen molar-refractivity contribution in [2.24, 2.45) is 0 Å². The highest BCUT2D eigenvalue weighted by molar-refractivity contribution is 9.50. The molecule has 1 N–H and O–H groups in total. The van der Waals surface area contributed by atoms with Crippen LogP contribution in [0.4, 0.5) is 5.69 Å². The van der Waals surface area contributed by atoms with E-state index in [0.29, 0.717) is 4.99 Å². The van der Waals surface area contributed by atoms with Crippen LogP contribution in [0.1, 0.15) is 0 Å². The van der Waals surface area contributed by atoms with Gasteiger partial charge >= 0.3 is 0 Å². The van der Waals surface area contributed by atoms with E-state index >= 15 is 0 Å². The van der Waals surface area contributed by atoms with Gasteiger partial charge in [0.25, 0.3) is 0 Å². The molecule has 1 aromatic carbocycles. The molecule has 2 rings (SSSR count). The Bertz CT molecular complexity index is 651. The van der Waals surface area contributed by atoms with Gasteiger partial charge in [-0.25, -0.2) is 0 Å². The molecular weight excluding hydrogens is 568 g/mol. The predicted molar refractivity (Wildman–Crippen MR) is 117 cm³/mol. The second-order valence-electron chi connectivity index (χ2n) is 4.06. The number of nitrogens with one attached hydrogen (secondary N) is 1. The maximum atomic E-state index is 5.93. The average Bonchev–Trinajstić information content (AvgIpc) is 2.59. The van der Waals surface area contributed by atoms with E-state index in [1.54, 1.807) is 12.4 Å². The van der Waals surface area contributed by atoms with Crippen molar-refractivity contribution in [1.29, 1.82) is 0 Å². The third-order valence-corrected chi connectivity index (χ3v) is 7.33. The van der Waals surface area contributed by atoms with Gasteiger partial charge in [0.15, 0.2) is 0 Å². The van der Waals surface area contributed by atoms with Gasteiger partial charge in [0.1, 0.15) is 17.3 Å². The molecule has 1 aromatic heterocycles. The Kier molecular flexibility index (Phi) is 9.09. The molecule has 0 amide bonds.